The molecule has 0 saturated carbocycles. The van der Waals surface area contributed by atoms with E-state index in [4.69, 9.17) is 4.74 Å². The van der Waals surface area contributed by atoms with E-state index in [1.807, 2.05) is 73.7 Å². The van der Waals surface area contributed by atoms with Crippen molar-refractivity contribution in [3.8, 4) is 11.1 Å². The Balaban J connectivity index is 1.68. The van der Waals surface area contributed by atoms with Crippen molar-refractivity contribution in [2.24, 2.45) is 0 Å². The molecule has 3 aromatic rings. The molecule has 0 aliphatic heterocycles. The highest BCUT2D eigenvalue weighted by atomic mass is 16.5. The first-order chi connectivity index (χ1) is 13.6. The first-order valence-corrected chi connectivity index (χ1v) is 9.33. The first-order valence-electron chi connectivity index (χ1n) is 9.33. The van der Waals surface area contributed by atoms with E-state index in [0.717, 1.165) is 23.1 Å². The van der Waals surface area contributed by atoms with Gasteiger partial charge >= 0.3 is 5.97 Å². The van der Waals surface area contributed by atoms with Crippen molar-refractivity contribution in [3.05, 3.63) is 90.0 Å². The van der Waals surface area contributed by atoms with Crippen LogP contribution < -0.4 is 5.32 Å². The molecule has 142 valence electrons. The van der Waals surface area contributed by atoms with E-state index in [2.05, 4.69) is 5.32 Å². The van der Waals surface area contributed by atoms with Crippen molar-refractivity contribution in [1.82, 2.24) is 0 Å². The Kier molecular flexibility index (Phi) is 6.22. The third-order valence-electron chi connectivity index (χ3n) is 4.52. The lowest BCUT2D eigenvalue weighted by Gasteiger charge is -2.16. The number of hydrogen-bond donors (Lipinski definition) is 1. The van der Waals surface area contributed by atoms with Gasteiger partial charge in [0.2, 0.25) is 0 Å². The smallest absolute Gasteiger partial charge is 0.338 e. The summed E-state index contributed by atoms with van der Waals surface area (Å²) in [6.45, 7) is 3.62. The molecule has 4 nitrogen and oxygen atoms in total. The number of nitrogens with one attached hydrogen (secondary N) is 1. The van der Waals surface area contributed by atoms with E-state index < -0.39 is 12.1 Å². The van der Waals surface area contributed by atoms with Crippen LogP contribution in [0.15, 0.2) is 78.9 Å². The molecule has 0 unspecified atom stereocenters. The number of ether oxygens (including phenoxy) is 1. The van der Waals surface area contributed by atoms with E-state index >= 15 is 0 Å². The number of aryl methyl sites for hydroxylation is 1. The number of carbonyl (C=O) groups excluding carboxylic acids is 2. The maximum Gasteiger partial charge on any atom is 0.338 e. The van der Waals surface area contributed by atoms with Crippen molar-refractivity contribution in [1.29, 1.82) is 0 Å². The van der Waals surface area contributed by atoms with Crippen molar-refractivity contribution < 1.29 is 14.3 Å². The standard InChI is InChI=1S/C24H23NO3/c1-3-18-13-15-20(16-14-18)24(27)28-17(2)23(26)25-22-12-8-7-11-21(22)19-9-5-4-6-10-19/h4-17H,3H2,1-2H3,(H,25,26)/t17-/m0/s1. The molecular formula is C24H23NO3. The molecule has 0 bridgehead atoms. The zero-order valence-electron chi connectivity index (χ0n) is 16.0. The molecular weight excluding hydrogens is 350 g/mol. The molecule has 0 aliphatic carbocycles. The quantitative estimate of drug-likeness (QED) is 0.612. The second-order valence-electron chi connectivity index (χ2n) is 6.50. The summed E-state index contributed by atoms with van der Waals surface area (Å²) in [6.07, 6.45) is -0.0169. The van der Waals surface area contributed by atoms with Gasteiger partial charge < -0.3 is 10.1 Å². The monoisotopic (exact) mass is 373 g/mol. The lowest BCUT2D eigenvalue weighted by Crippen LogP contribution is -2.30. The van der Waals surface area contributed by atoms with Gasteiger partial charge in [-0.1, -0.05) is 67.6 Å². The fraction of sp³-hybridized carbons (Fsp3) is 0.167. The molecule has 1 N–H and O–H groups in total. The van der Waals surface area contributed by atoms with Gasteiger partial charge in [0.15, 0.2) is 6.10 Å². The number of amides is 1. The van der Waals surface area contributed by atoms with Crippen LogP contribution in [-0.2, 0) is 16.0 Å². The molecule has 3 aromatic carbocycles. The molecule has 0 radical (unpaired) electrons. The van der Waals surface area contributed by atoms with E-state index in [-0.39, 0.29) is 5.91 Å². The van der Waals surface area contributed by atoms with Crippen molar-refractivity contribution >= 4 is 17.6 Å². The first kappa shape index (κ1) is 19.4. The van der Waals surface area contributed by atoms with E-state index in [1.165, 1.54) is 0 Å². The summed E-state index contributed by atoms with van der Waals surface area (Å²) in [5, 5.41) is 2.87. The normalized spacial score (nSPS) is 11.5. The van der Waals surface area contributed by atoms with Crippen molar-refractivity contribution in [3.63, 3.8) is 0 Å². The topological polar surface area (TPSA) is 55.4 Å². The van der Waals surface area contributed by atoms with Gasteiger partial charge in [0.25, 0.3) is 5.91 Å². The summed E-state index contributed by atoms with van der Waals surface area (Å²) in [6, 6.07) is 24.6. The van der Waals surface area contributed by atoms with Gasteiger partial charge in [-0.05, 0) is 42.7 Å². The maximum absolute atomic E-state index is 12.6. The minimum absolute atomic E-state index is 0.373. The SMILES string of the molecule is CCc1ccc(C(=O)O[C@@H](C)C(=O)Nc2ccccc2-c2ccccc2)cc1. The van der Waals surface area contributed by atoms with Crippen LogP contribution in [0.3, 0.4) is 0 Å². The average Bonchev–Trinajstić information content (AvgIpc) is 2.74. The third-order valence-corrected chi connectivity index (χ3v) is 4.52. The van der Waals surface area contributed by atoms with Gasteiger partial charge in [0.05, 0.1) is 5.56 Å². The number of benzene rings is 3. The Hall–Kier alpha value is -3.40. The molecule has 0 aliphatic rings. The van der Waals surface area contributed by atoms with Crippen molar-refractivity contribution in [2.45, 2.75) is 26.4 Å². The zero-order chi connectivity index (χ0) is 19.9. The van der Waals surface area contributed by atoms with Crippen molar-refractivity contribution in [2.75, 3.05) is 5.32 Å². The van der Waals surface area contributed by atoms with Crippen LogP contribution in [-0.4, -0.2) is 18.0 Å². The molecule has 0 spiro atoms. The lowest BCUT2D eigenvalue weighted by molar-refractivity contribution is -0.123. The summed E-state index contributed by atoms with van der Waals surface area (Å²) in [5.41, 5.74) is 4.15. The highest BCUT2D eigenvalue weighted by molar-refractivity contribution is 5.99. The van der Waals surface area contributed by atoms with Crippen LogP contribution in [0.25, 0.3) is 11.1 Å². The number of carbonyl (C=O) groups is 2. The number of anilines is 1. The van der Waals surface area contributed by atoms with Crippen LogP contribution in [0.5, 0.6) is 0 Å². The van der Waals surface area contributed by atoms with Gasteiger partial charge in [0, 0.05) is 11.3 Å². The van der Waals surface area contributed by atoms with Gasteiger partial charge in [-0.15, -0.1) is 0 Å². The molecule has 0 heterocycles. The molecule has 3 rings (SSSR count). The molecule has 1 atom stereocenters. The molecule has 28 heavy (non-hydrogen) atoms. The van der Waals surface area contributed by atoms with E-state index in [0.29, 0.717) is 11.3 Å². The Labute approximate surface area is 165 Å². The number of rotatable bonds is 6. The highest BCUT2D eigenvalue weighted by Crippen LogP contribution is 2.27. The van der Waals surface area contributed by atoms with Crippen LogP contribution >= 0.6 is 0 Å². The average molecular weight is 373 g/mol. The minimum atomic E-state index is -0.915. The minimum Gasteiger partial charge on any atom is -0.449 e. The van der Waals surface area contributed by atoms with E-state index in [1.54, 1.807) is 19.1 Å². The summed E-state index contributed by atoms with van der Waals surface area (Å²) in [5.74, 6) is -0.886. The Morgan fingerprint density at radius 2 is 1.54 bits per heavy atom. The number of hydrogen-bond acceptors (Lipinski definition) is 3. The van der Waals surface area contributed by atoms with Crippen LogP contribution in [0, 0.1) is 0 Å². The van der Waals surface area contributed by atoms with Crippen LogP contribution in [0.1, 0.15) is 29.8 Å². The molecule has 0 fully saturated rings. The predicted molar refractivity (Wildman–Crippen MR) is 111 cm³/mol. The summed E-state index contributed by atoms with van der Waals surface area (Å²) >= 11 is 0. The Morgan fingerprint density at radius 3 is 2.21 bits per heavy atom. The summed E-state index contributed by atoms with van der Waals surface area (Å²) in [7, 11) is 0. The second-order valence-corrected chi connectivity index (χ2v) is 6.50. The second kappa shape index (κ2) is 9.00. The Morgan fingerprint density at radius 1 is 0.893 bits per heavy atom. The molecule has 0 aromatic heterocycles. The Bertz CT molecular complexity index is 949. The molecule has 4 heteroatoms. The summed E-state index contributed by atoms with van der Waals surface area (Å²) in [4.78, 5) is 24.9. The zero-order valence-corrected chi connectivity index (χ0v) is 16.0. The predicted octanol–water partition coefficient (Wildman–Crippen LogP) is 5.10. The van der Waals surface area contributed by atoms with Gasteiger partial charge in [-0.2, -0.15) is 0 Å². The molecule has 1 amide bonds. The van der Waals surface area contributed by atoms with Crippen LogP contribution in [0.4, 0.5) is 5.69 Å². The summed E-state index contributed by atoms with van der Waals surface area (Å²) < 4.78 is 5.34. The third kappa shape index (κ3) is 4.65. The van der Waals surface area contributed by atoms with Crippen LogP contribution in [0.2, 0.25) is 0 Å². The van der Waals surface area contributed by atoms with Gasteiger partial charge in [0.1, 0.15) is 0 Å². The van der Waals surface area contributed by atoms with E-state index in [9.17, 15) is 9.59 Å². The van der Waals surface area contributed by atoms with Gasteiger partial charge in [-0.3, -0.25) is 4.79 Å². The fourth-order valence-corrected chi connectivity index (χ4v) is 2.85. The highest BCUT2D eigenvalue weighted by Gasteiger charge is 2.20. The number of para-hydroxylation sites is 1. The maximum atomic E-state index is 12.6. The fourth-order valence-electron chi connectivity index (χ4n) is 2.85. The largest absolute Gasteiger partial charge is 0.449 e. The lowest BCUT2D eigenvalue weighted by atomic mass is 10.0. The number of esters is 1. The van der Waals surface area contributed by atoms with Gasteiger partial charge in [-0.25, -0.2) is 4.79 Å². The molecule has 0 saturated heterocycles.